The van der Waals surface area contributed by atoms with E-state index >= 15 is 0 Å². The molecule has 0 bridgehead atoms. The average Bonchev–Trinajstić information content (AvgIpc) is 2.53. The van der Waals surface area contributed by atoms with E-state index in [-0.39, 0.29) is 0 Å². The fourth-order valence-corrected chi connectivity index (χ4v) is 2.35. The summed E-state index contributed by atoms with van der Waals surface area (Å²) in [5, 5.41) is 12.6. The summed E-state index contributed by atoms with van der Waals surface area (Å²) in [6, 6.07) is 15.8. The van der Waals surface area contributed by atoms with Gasteiger partial charge in [0.25, 0.3) is 0 Å². The summed E-state index contributed by atoms with van der Waals surface area (Å²) >= 11 is 0. The van der Waals surface area contributed by atoms with Crippen LogP contribution in [0, 0.1) is 0 Å². The molecule has 4 heteroatoms. The molecular formula is C17H17NO3. The molecule has 2 aromatic rings. The van der Waals surface area contributed by atoms with Crippen LogP contribution in [0.1, 0.15) is 5.56 Å². The van der Waals surface area contributed by atoms with E-state index < -0.39 is 0 Å². The van der Waals surface area contributed by atoms with Crippen molar-refractivity contribution in [3.05, 3.63) is 64.5 Å². The van der Waals surface area contributed by atoms with Crippen LogP contribution in [0.2, 0.25) is 0 Å². The van der Waals surface area contributed by atoms with Gasteiger partial charge in [0, 0.05) is 12.3 Å². The maximum Gasteiger partial charge on any atom is 0.130 e. The number of rotatable bonds is 4. The highest BCUT2D eigenvalue weighted by molar-refractivity contribution is 5.51. The zero-order valence-corrected chi connectivity index (χ0v) is 11.8. The zero-order valence-electron chi connectivity index (χ0n) is 11.8. The predicted molar refractivity (Wildman–Crippen MR) is 79.8 cm³/mol. The van der Waals surface area contributed by atoms with E-state index in [2.05, 4.69) is 0 Å². The smallest absolute Gasteiger partial charge is 0.130 e. The molecule has 1 aliphatic rings. The van der Waals surface area contributed by atoms with Gasteiger partial charge in [-0.25, -0.2) is 0 Å². The van der Waals surface area contributed by atoms with Crippen LogP contribution in [0.5, 0.6) is 5.75 Å². The third kappa shape index (κ3) is 2.85. The largest absolute Gasteiger partial charge is 0.494 e. The van der Waals surface area contributed by atoms with E-state index in [1.807, 2.05) is 48.5 Å². The molecule has 0 atom stereocenters. The minimum absolute atomic E-state index is 0.325. The summed E-state index contributed by atoms with van der Waals surface area (Å²) in [7, 11) is 1.59. The van der Waals surface area contributed by atoms with Crippen LogP contribution >= 0.6 is 0 Å². The second-order valence-corrected chi connectivity index (χ2v) is 4.89. The van der Waals surface area contributed by atoms with Gasteiger partial charge >= 0.3 is 0 Å². The van der Waals surface area contributed by atoms with E-state index in [1.54, 1.807) is 13.3 Å². The van der Waals surface area contributed by atoms with Crippen LogP contribution < -0.4 is 15.2 Å². The molecule has 108 valence electrons. The van der Waals surface area contributed by atoms with Crippen LogP contribution in [0.3, 0.4) is 0 Å². The molecule has 4 nitrogen and oxygen atoms in total. The van der Waals surface area contributed by atoms with Crippen molar-refractivity contribution in [2.24, 2.45) is 0 Å². The van der Waals surface area contributed by atoms with E-state index in [0.717, 1.165) is 26.8 Å². The van der Waals surface area contributed by atoms with Gasteiger partial charge in [-0.15, -0.1) is 0 Å². The van der Waals surface area contributed by atoms with Crippen molar-refractivity contribution >= 4 is 12.0 Å². The third-order valence-corrected chi connectivity index (χ3v) is 3.41. The number of hydrogen-bond donors (Lipinski definition) is 1. The van der Waals surface area contributed by atoms with Gasteiger partial charge in [0.15, 0.2) is 0 Å². The molecule has 1 N–H and O–H groups in total. The molecule has 1 aliphatic heterocycles. The minimum Gasteiger partial charge on any atom is -0.494 e. The van der Waals surface area contributed by atoms with Gasteiger partial charge in [0.05, 0.1) is 17.2 Å². The lowest BCUT2D eigenvalue weighted by atomic mass is 10.1. The Morgan fingerprint density at radius 3 is 2.71 bits per heavy atom. The summed E-state index contributed by atoms with van der Waals surface area (Å²) in [5.41, 5.74) is 1.79. The van der Waals surface area contributed by atoms with E-state index in [4.69, 9.17) is 9.47 Å². The van der Waals surface area contributed by atoms with Gasteiger partial charge in [-0.1, -0.05) is 42.5 Å². The highest BCUT2D eigenvalue weighted by Crippen LogP contribution is 2.10. The van der Waals surface area contributed by atoms with Crippen molar-refractivity contribution in [3.8, 4) is 5.75 Å². The first-order valence-electron chi connectivity index (χ1n) is 6.79. The molecule has 0 aromatic heterocycles. The topological polar surface area (TPSA) is 41.9 Å². The Bertz CT molecular complexity index is 738. The number of benzene rings is 2. The summed E-state index contributed by atoms with van der Waals surface area (Å²) in [6.45, 7) is 0.812. The quantitative estimate of drug-likeness (QED) is 0.863. The zero-order chi connectivity index (χ0) is 14.7. The fraction of sp³-hybridized carbons (Fsp3) is 0.176. The number of ether oxygens (including phenoxy) is 2. The molecule has 3 rings (SSSR count). The second-order valence-electron chi connectivity index (χ2n) is 4.89. The Balaban J connectivity index is 1.99. The van der Waals surface area contributed by atoms with Gasteiger partial charge in [0.2, 0.25) is 0 Å². The summed E-state index contributed by atoms with van der Waals surface area (Å²) in [6.07, 6.45) is 1.69. The van der Waals surface area contributed by atoms with Gasteiger partial charge in [-0.3, -0.25) is 10.3 Å². The molecule has 21 heavy (non-hydrogen) atoms. The lowest BCUT2D eigenvalue weighted by Gasteiger charge is -2.19. The van der Waals surface area contributed by atoms with Crippen LogP contribution in [0.15, 0.2) is 48.5 Å². The molecule has 0 saturated carbocycles. The third-order valence-electron chi connectivity index (χ3n) is 3.41. The van der Waals surface area contributed by atoms with E-state index in [1.165, 1.54) is 0 Å². The average molecular weight is 283 g/mol. The molecule has 0 saturated heterocycles. The number of hydrogen-bond acceptors (Lipinski definition) is 4. The summed E-state index contributed by atoms with van der Waals surface area (Å²) < 4.78 is 11.3. The summed E-state index contributed by atoms with van der Waals surface area (Å²) in [4.78, 5) is 0. The Kier molecular flexibility index (Phi) is 3.79. The van der Waals surface area contributed by atoms with Crippen molar-refractivity contribution < 1.29 is 14.7 Å². The monoisotopic (exact) mass is 283 g/mol. The normalized spacial score (nSPS) is 13.0. The maximum atomic E-state index is 9.78. The number of nitrogens with zero attached hydrogens (tertiary/aromatic N) is 1. The molecule has 0 amide bonds. The van der Waals surface area contributed by atoms with Gasteiger partial charge < -0.3 is 9.47 Å². The van der Waals surface area contributed by atoms with E-state index in [0.29, 0.717) is 18.9 Å². The molecule has 0 spiro atoms. The fourth-order valence-electron chi connectivity index (χ4n) is 2.35. The van der Waals surface area contributed by atoms with Crippen LogP contribution in [-0.4, -0.2) is 23.9 Å². The molecule has 0 unspecified atom stereocenters. The van der Waals surface area contributed by atoms with Crippen molar-refractivity contribution in [2.45, 2.75) is 6.61 Å². The first kappa shape index (κ1) is 13.5. The Morgan fingerprint density at radius 2 is 1.95 bits per heavy atom. The number of hydroxylamine groups is 2. The lowest BCUT2D eigenvalue weighted by molar-refractivity contribution is -0.00933. The van der Waals surface area contributed by atoms with Gasteiger partial charge in [-0.2, -0.15) is 0 Å². The molecule has 0 fully saturated rings. The molecule has 0 radical (unpaired) electrons. The van der Waals surface area contributed by atoms with Crippen molar-refractivity contribution in [1.29, 1.82) is 0 Å². The Hall–Kier alpha value is -2.46. The Labute approximate surface area is 123 Å². The Morgan fingerprint density at radius 1 is 1.14 bits per heavy atom. The van der Waals surface area contributed by atoms with Crippen LogP contribution in [-0.2, 0) is 11.3 Å². The van der Waals surface area contributed by atoms with Crippen molar-refractivity contribution in [1.82, 2.24) is 5.06 Å². The van der Waals surface area contributed by atoms with Crippen LogP contribution in [0.4, 0.5) is 0 Å². The molecule has 2 aromatic carbocycles. The first-order chi connectivity index (χ1) is 10.3. The van der Waals surface area contributed by atoms with Gasteiger partial charge in [-0.05, 0) is 11.6 Å². The SMILES string of the molecule is CN(O)C1=c2c(OCc3ccccc3)cccc2=COC1. The number of fused-ring (bicyclic) bond motifs is 1. The van der Waals surface area contributed by atoms with Gasteiger partial charge in [0.1, 0.15) is 19.0 Å². The predicted octanol–water partition coefficient (Wildman–Crippen LogP) is 1.46. The van der Waals surface area contributed by atoms with E-state index in [9.17, 15) is 5.21 Å². The molecule has 1 heterocycles. The second kappa shape index (κ2) is 5.89. The standard InChI is InChI=1S/C17H17NO3/c1-18(19)15-12-20-11-14-8-5-9-16(17(14)15)21-10-13-6-3-2-4-7-13/h2-9,11,19H,10,12H2,1H3. The minimum atomic E-state index is 0.325. The highest BCUT2D eigenvalue weighted by atomic mass is 16.5. The van der Waals surface area contributed by atoms with Crippen molar-refractivity contribution in [2.75, 3.05) is 13.7 Å². The lowest BCUT2D eigenvalue weighted by Crippen LogP contribution is -2.37. The highest BCUT2D eigenvalue weighted by Gasteiger charge is 2.12. The first-order valence-corrected chi connectivity index (χ1v) is 6.79. The molecule has 0 aliphatic carbocycles. The van der Waals surface area contributed by atoms with Crippen molar-refractivity contribution in [3.63, 3.8) is 0 Å². The number of likely N-dealkylation sites (N-methyl/N-ethyl adjacent to an activating group) is 1. The maximum absolute atomic E-state index is 9.78. The summed E-state index contributed by atoms with van der Waals surface area (Å²) in [5.74, 6) is 0.742. The molecular weight excluding hydrogens is 266 g/mol. The van der Waals surface area contributed by atoms with Crippen LogP contribution in [0.25, 0.3) is 12.0 Å².